The third-order valence-electron chi connectivity index (χ3n) is 2.56. The SMILES string of the molecule is CN(C(=O)c1ccc(Br)o1)C1CCOC1. The van der Waals surface area contributed by atoms with Gasteiger partial charge in [0, 0.05) is 13.7 Å². The highest BCUT2D eigenvalue weighted by molar-refractivity contribution is 9.10. The first-order valence-electron chi connectivity index (χ1n) is 4.78. The maximum atomic E-state index is 11.9. The molecule has 5 heteroatoms. The zero-order chi connectivity index (χ0) is 10.8. The molecule has 1 fully saturated rings. The molecule has 1 aromatic heterocycles. The molecule has 2 heterocycles. The molecule has 0 saturated carbocycles. The number of carbonyl (C=O) groups excluding carboxylic acids is 1. The van der Waals surface area contributed by atoms with E-state index in [1.807, 2.05) is 0 Å². The van der Waals surface area contributed by atoms with Gasteiger partial charge in [-0.15, -0.1) is 0 Å². The average molecular weight is 274 g/mol. The van der Waals surface area contributed by atoms with E-state index < -0.39 is 0 Å². The van der Waals surface area contributed by atoms with Crippen molar-refractivity contribution in [2.75, 3.05) is 20.3 Å². The van der Waals surface area contributed by atoms with E-state index in [2.05, 4.69) is 15.9 Å². The van der Waals surface area contributed by atoms with Gasteiger partial charge in [-0.25, -0.2) is 0 Å². The van der Waals surface area contributed by atoms with Crippen molar-refractivity contribution in [1.82, 2.24) is 4.90 Å². The van der Waals surface area contributed by atoms with E-state index in [1.165, 1.54) is 0 Å². The number of ether oxygens (including phenoxy) is 1. The van der Waals surface area contributed by atoms with E-state index in [1.54, 1.807) is 24.1 Å². The lowest BCUT2D eigenvalue weighted by atomic mass is 10.2. The van der Waals surface area contributed by atoms with Crippen LogP contribution in [0, 0.1) is 0 Å². The van der Waals surface area contributed by atoms with Crippen molar-refractivity contribution in [3.05, 3.63) is 22.6 Å². The molecule has 0 N–H and O–H groups in total. The van der Waals surface area contributed by atoms with Crippen LogP contribution in [0.3, 0.4) is 0 Å². The number of hydrogen-bond acceptors (Lipinski definition) is 3. The first-order chi connectivity index (χ1) is 7.18. The average Bonchev–Trinajstić information content (AvgIpc) is 2.85. The van der Waals surface area contributed by atoms with E-state index in [-0.39, 0.29) is 11.9 Å². The maximum absolute atomic E-state index is 11.9. The number of rotatable bonds is 2. The highest BCUT2D eigenvalue weighted by atomic mass is 79.9. The fourth-order valence-electron chi connectivity index (χ4n) is 1.60. The molecule has 1 amide bonds. The topological polar surface area (TPSA) is 42.7 Å². The van der Waals surface area contributed by atoms with Gasteiger partial charge in [-0.1, -0.05) is 0 Å². The molecule has 1 unspecified atom stereocenters. The van der Waals surface area contributed by atoms with Crippen molar-refractivity contribution >= 4 is 21.8 Å². The van der Waals surface area contributed by atoms with Crippen LogP contribution < -0.4 is 0 Å². The number of nitrogens with zero attached hydrogens (tertiary/aromatic N) is 1. The summed E-state index contributed by atoms with van der Waals surface area (Å²) >= 11 is 3.17. The second-order valence-corrected chi connectivity index (χ2v) is 4.32. The lowest BCUT2D eigenvalue weighted by molar-refractivity contribution is 0.0678. The molecular formula is C10H12BrNO3. The van der Waals surface area contributed by atoms with Crippen molar-refractivity contribution in [2.24, 2.45) is 0 Å². The highest BCUT2D eigenvalue weighted by Crippen LogP contribution is 2.18. The molecule has 1 aliphatic heterocycles. The Morgan fingerprint density at radius 3 is 2.93 bits per heavy atom. The molecule has 1 atom stereocenters. The van der Waals surface area contributed by atoms with Gasteiger partial charge in [0.2, 0.25) is 0 Å². The molecule has 2 rings (SSSR count). The van der Waals surface area contributed by atoms with E-state index in [9.17, 15) is 4.79 Å². The van der Waals surface area contributed by atoms with Crippen LogP contribution in [0.15, 0.2) is 21.2 Å². The van der Waals surface area contributed by atoms with Gasteiger partial charge >= 0.3 is 0 Å². The number of amides is 1. The van der Waals surface area contributed by atoms with Crippen LogP contribution >= 0.6 is 15.9 Å². The molecule has 0 aromatic carbocycles. The number of hydrogen-bond donors (Lipinski definition) is 0. The Morgan fingerprint density at radius 1 is 1.60 bits per heavy atom. The van der Waals surface area contributed by atoms with Gasteiger partial charge in [-0.3, -0.25) is 4.79 Å². The van der Waals surface area contributed by atoms with Crippen molar-refractivity contribution in [1.29, 1.82) is 0 Å². The summed E-state index contributed by atoms with van der Waals surface area (Å²) < 4.78 is 11.0. The fourth-order valence-corrected chi connectivity index (χ4v) is 1.90. The molecule has 4 nitrogen and oxygen atoms in total. The van der Waals surface area contributed by atoms with Crippen molar-refractivity contribution < 1.29 is 13.9 Å². The second kappa shape index (κ2) is 4.37. The molecule has 0 aliphatic carbocycles. The number of likely N-dealkylation sites (N-methyl/N-ethyl adjacent to an activating group) is 1. The Morgan fingerprint density at radius 2 is 2.40 bits per heavy atom. The third kappa shape index (κ3) is 2.23. The minimum absolute atomic E-state index is 0.101. The number of halogens is 1. The van der Waals surface area contributed by atoms with E-state index in [0.717, 1.165) is 13.0 Å². The van der Waals surface area contributed by atoms with Gasteiger partial charge in [-0.05, 0) is 34.5 Å². The summed E-state index contributed by atoms with van der Waals surface area (Å²) in [5.41, 5.74) is 0. The minimum Gasteiger partial charge on any atom is -0.444 e. The van der Waals surface area contributed by atoms with E-state index in [0.29, 0.717) is 17.0 Å². The molecule has 0 spiro atoms. The predicted molar refractivity (Wildman–Crippen MR) is 57.7 cm³/mol. The number of carbonyl (C=O) groups is 1. The van der Waals surface area contributed by atoms with Crippen molar-refractivity contribution in [3.63, 3.8) is 0 Å². The Bertz CT molecular complexity index is 357. The summed E-state index contributed by atoms with van der Waals surface area (Å²) in [5.74, 6) is 0.257. The summed E-state index contributed by atoms with van der Waals surface area (Å²) in [4.78, 5) is 13.6. The van der Waals surface area contributed by atoms with Gasteiger partial charge in [0.25, 0.3) is 5.91 Å². The van der Waals surface area contributed by atoms with Crippen molar-refractivity contribution in [2.45, 2.75) is 12.5 Å². The quantitative estimate of drug-likeness (QED) is 0.827. The Kier molecular flexibility index (Phi) is 3.11. The molecule has 1 aliphatic rings. The molecule has 82 valence electrons. The first kappa shape index (κ1) is 10.7. The second-order valence-electron chi connectivity index (χ2n) is 3.54. The van der Waals surface area contributed by atoms with Crippen LogP contribution in [0.1, 0.15) is 17.0 Å². The molecule has 0 radical (unpaired) electrons. The zero-order valence-electron chi connectivity index (χ0n) is 8.40. The monoisotopic (exact) mass is 273 g/mol. The smallest absolute Gasteiger partial charge is 0.289 e. The van der Waals surface area contributed by atoms with Crippen LogP contribution in [0.2, 0.25) is 0 Å². The molecular weight excluding hydrogens is 262 g/mol. The van der Waals surface area contributed by atoms with Gasteiger partial charge < -0.3 is 14.1 Å². The van der Waals surface area contributed by atoms with Gasteiger partial charge in [-0.2, -0.15) is 0 Å². The molecule has 0 bridgehead atoms. The Labute approximate surface area is 96.3 Å². The molecule has 1 aromatic rings. The fraction of sp³-hybridized carbons (Fsp3) is 0.500. The summed E-state index contributed by atoms with van der Waals surface area (Å²) in [6.07, 6.45) is 0.893. The molecule has 1 saturated heterocycles. The van der Waals surface area contributed by atoms with Gasteiger partial charge in [0.15, 0.2) is 10.4 Å². The zero-order valence-corrected chi connectivity index (χ0v) is 9.99. The summed E-state index contributed by atoms with van der Waals surface area (Å²) in [7, 11) is 1.78. The van der Waals surface area contributed by atoms with Crippen LogP contribution in [0.4, 0.5) is 0 Å². The third-order valence-corrected chi connectivity index (χ3v) is 2.98. The molecule has 15 heavy (non-hydrogen) atoms. The Balaban J connectivity index is 2.06. The lowest BCUT2D eigenvalue weighted by Crippen LogP contribution is -2.37. The standard InChI is InChI=1S/C10H12BrNO3/c1-12(7-4-5-14-6-7)10(13)8-2-3-9(11)15-8/h2-3,7H,4-6H2,1H3. The first-order valence-corrected chi connectivity index (χ1v) is 5.58. The normalized spacial score (nSPS) is 20.5. The van der Waals surface area contributed by atoms with E-state index in [4.69, 9.17) is 9.15 Å². The summed E-state index contributed by atoms with van der Waals surface area (Å²) in [6.45, 7) is 1.34. The largest absolute Gasteiger partial charge is 0.444 e. The van der Waals surface area contributed by atoms with Crippen LogP contribution in [-0.2, 0) is 4.74 Å². The van der Waals surface area contributed by atoms with Gasteiger partial charge in [0.1, 0.15) is 0 Å². The number of furan rings is 1. The summed E-state index contributed by atoms with van der Waals surface area (Å²) in [6, 6.07) is 3.55. The Hall–Kier alpha value is -0.810. The minimum atomic E-state index is -0.101. The van der Waals surface area contributed by atoms with Crippen LogP contribution in [0.25, 0.3) is 0 Å². The van der Waals surface area contributed by atoms with Crippen molar-refractivity contribution in [3.8, 4) is 0 Å². The van der Waals surface area contributed by atoms with Crippen LogP contribution in [-0.4, -0.2) is 37.1 Å². The highest BCUT2D eigenvalue weighted by Gasteiger charge is 2.26. The van der Waals surface area contributed by atoms with Crippen LogP contribution in [0.5, 0.6) is 0 Å². The predicted octanol–water partition coefficient (Wildman–Crippen LogP) is 1.90. The van der Waals surface area contributed by atoms with E-state index >= 15 is 0 Å². The van der Waals surface area contributed by atoms with Gasteiger partial charge in [0.05, 0.1) is 12.6 Å². The summed E-state index contributed by atoms with van der Waals surface area (Å²) in [5, 5.41) is 0. The lowest BCUT2D eigenvalue weighted by Gasteiger charge is -2.21. The maximum Gasteiger partial charge on any atom is 0.289 e.